The van der Waals surface area contributed by atoms with Crippen LogP contribution in [-0.4, -0.2) is 41.3 Å². The monoisotopic (exact) mass is 434 g/mol. The number of carbonyl (C=O) groups excluding carboxylic acids is 2. The Morgan fingerprint density at radius 3 is 2.55 bits per heavy atom. The normalized spacial score (nSPS) is 17.6. The van der Waals surface area contributed by atoms with Crippen LogP contribution in [0.25, 0.3) is 0 Å². The molecule has 2 aromatic carbocycles. The third-order valence-corrected chi connectivity index (χ3v) is 6.26. The molecule has 1 aliphatic rings. The number of likely N-dealkylation sites (tertiary alicyclic amines) is 1. The smallest absolute Gasteiger partial charge is 0.235 e. The van der Waals surface area contributed by atoms with Gasteiger partial charge in [0.15, 0.2) is 0 Å². The van der Waals surface area contributed by atoms with Crippen LogP contribution in [-0.2, 0) is 9.59 Å². The fourth-order valence-corrected chi connectivity index (χ4v) is 4.61. The molecule has 6 nitrogen and oxygen atoms in total. The van der Waals surface area contributed by atoms with Gasteiger partial charge in [-0.3, -0.25) is 14.5 Å². The quantitative estimate of drug-likeness (QED) is 0.595. The van der Waals surface area contributed by atoms with Gasteiger partial charge in [0.05, 0.1) is 12.5 Å². The van der Waals surface area contributed by atoms with E-state index in [2.05, 4.69) is 20.5 Å². The van der Waals surface area contributed by atoms with E-state index in [1.54, 1.807) is 6.20 Å². The van der Waals surface area contributed by atoms with Crippen LogP contribution in [0.4, 0.5) is 5.69 Å². The zero-order chi connectivity index (χ0) is 21.5. The molecule has 2 amide bonds. The molecule has 0 bridgehead atoms. The maximum atomic E-state index is 12.9. The molecule has 1 fully saturated rings. The van der Waals surface area contributed by atoms with Crippen LogP contribution in [0.1, 0.15) is 29.5 Å². The first-order chi connectivity index (χ1) is 15.2. The van der Waals surface area contributed by atoms with Crippen LogP contribution < -0.4 is 10.6 Å². The van der Waals surface area contributed by atoms with Gasteiger partial charge in [0.25, 0.3) is 0 Å². The van der Waals surface area contributed by atoms with Crippen LogP contribution in [0.2, 0.25) is 0 Å². The van der Waals surface area contributed by atoms with Crippen molar-refractivity contribution < 1.29 is 9.59 Å². The van der Waals surface area contributed by atoms with E-state index in [-0.39, 0.29) is 30.3 Å². The fourth-order valence-electron chi connectivity index (χ4n) is 3.90. The van der Waals surface area contributed by atoms with E-state index in [0.717, 1.165) is 35.6 Å². The predicted octanol–water partition coefficient (Wildman–Crippen LogP) is 3.70. The zero-order valence-corrected chi connectivity index (χ0v) is 18.1. The van der Waals surface area contributed by atoms with E-state index >= 15 is 0 Å². The molecular formula is C24H26N4O2S. The molecule has 4 rings (SSSR count). The lowest BCUT2D eigenvalue weighted by molar-refractivity contribution is -0.126. The summed E-state index contributed by atoms with van der Waals surface area (Å²) in [5.41, 5.74) is 1.81. The van der Waals surface area contributed by atoms with Crippen molar-refractivity contribution in [2.45, 2.75) is 18.9 Å². The van der Waals surface area contributed by atoms with Crippen LogP contribution in [0.5, 0.6) is 0 Å². The molecule has 2 atom stereocenters. The number of carbonyl (C=O) groups is 2. The number of hydrogen-bond acceptors (Lipinski definition) is 5. The summed E-state index contributed by atoms with van der Waals surface area (Å²) in [6, 6.07) is 19.1. The Hall–Kier alpha value is -3.03. The van der Waals surface area contributed by atoms with Gasteiger partial charge in [-0.05, 0) is 37.1 Å². The highest BCUT2D eigenvalue weighted by molar-refractivity contribution is 7.09. The summed E-state index contributed by atoms with van der Waals surface area (Å²) < 4.78 is 0. The molecule has 160 valence electrons. The van der Waals surface area contributed by atoms with Crippen LogP contribution in [0, 0.1) is 5.92 Å². The van der Waals surface area contributed by atoms with Gasteiger partial charge in [-0.25, -0.2) is 4.98 Å². The topological polar surface area (TPSA) is 74.3 Å². The molecule has 1 saturated heterocycles. The summed E-state index contributed by atoms with van der Waals surface area (Å²) in [6.07, 6.45) is 3.49. The summed E-state index contributed by atoms with van der Waals surface area (Å²) in [7, 11) is 0. The van der Waals surface area contributed by atoms with Gasteiger partial charge in [0, 0.05) is 23.8 Å². The number of hydrogen-bond donors (Lipinski definition) is 2. The van der Waals surface area contributed by atoms with Crippen molar-refractivity contribution >= 4 is 28.8 Å². The number of para-hydroxylation sites is 1. The van der Waals surface area contributed by atoms with Gasteiger partial charge in [0.2, 0.25) is 11.8 Å². The number of nitrogens with zero attached hydrogens (tertiary/aromatic N) is 2. The summed E-state index contributed by atoms with van der Waals surface area (Å²) in [5.74, 6) is -0.167. The molecule has 0 radical (unpaired) electrons. The predicted molar refractivity (Wildman–Crippen MR) is 123 cm³/mol. The number of rotatable bonds is 7. The lowest BCUT2D eigenvalue weighted by Gasteiger charge is -2.31. The van der Waals surface area contributed by atoms with Crippen molar-refractivity contribution in [3.63, 3.8) is 0 Å². The summed E-state index contributed by atoms with van der Waals surface area (Å²) >= 11 is 1.53. The first-order valence-corrected chi connectivity index (χ1v) is 11.4. The van der Waals surface area contributed by atoms with Crippen LogP contribution in [0.15, 0.2) is 72.2 Å². The first kappa shape index (κ1) is 21.2. The maximum absolute atomic E-state index is 12.9. The van der Waals surface area contributed by atoms with Crippen molar-refractivity contribution in [3.05, 3.63) is 82.8 Å². The number of thiazole rings is 1. The van der Waals surface area contributed by atoms with Crippen LogP contribution in [0.3, 0.4) is 0 Å². The minimum absolute atomic E-state index is 0.0151. The molecule has 0 aliphatic carbocycles. The third-order valence-electron chi connectivity index (χ3n) is 5.42. The molecule has 2 heterocycles. The molecule has 0 saturated carbocycles. The average molecular weight is 435 g/mol. The second-order valence-corrected chi connectivity index (χ2v) is 8.64. The van der Waals surface area contributed by atoms with E-state index in [1.165, 1.54) is 11.3 Å². The molecule has 2 N–H and O–H groups in total. The highest BCUT2D eigenvalue weighted by Gasteiger charge is 2.28. The SMILES string of the molecule is O=C(CN1CCCC(C(=O)Nc2ccccc2)C1)NC(c1ccccc1)c1nccs1. The van der Waals surface area contributed by atoms with Crippen molar-refractivity contribution in [1.29, 1.82) is 0 Å². The van der Waals surface area contributed by atoms with Crippen molar-refractivity contribution in [1.82, 2.24) is 15.2 Å². The van der Waals surface area contributed by atoms with E-state index in [0.29, 0.717) is 6.54 Å². The Balaban J connectivity index is 1.35. The van der Waals surface area contributed by atoms with E-state index in [4.69, 9.17) is 0 Å². The lowest BCUT2D eigenvalue weighted by Crippen LogP contribution is -2.45. The second kappa shape index (κ2) is 10.3. The van der Waals surface area contributed by atoms with Gasteiger partial charge >= 0.3 is 0 Å². The molecule has 7 heteroatoms. The van der Waals surface area contributed by atoms with E-state index in [1.807, 2.05) is 66.0 Å². The molecule has 3 aromatic rings. The van der Waals surface area contributed by atoms with Gasteiger partial charge in [0.1, 0.15) is 11.0 Å². The number of piperidine rings is 1. The molecule has 1 aromatic heterocycles. The van der Waals surface area contributed by atoms with Gasteiger partial charge in [-0.1, -0.05) is 48.5 Å². The summed E-state index contributed by atoms with van der Waals surface area (Å²) in [4.78, 5) is 32.0. The lowest BCUT2D eigenvalue weighted by atomic mass is 9.97. The Kier molecular flexibility index (Phi) is 7.07. The Morgan fingerprint density at radius 2 is 1.84 bits per heavy atom. The number of anilines is 1. The maximum Gasteiger partial charge on any atom is 0.235 e. The highest BCUT2D eigenvalue weighted by atomic mass is 32.1. The molecule has 2 unspecified atom stereocenters. The van der Waals surface area contributed by atoms with Gasteiger partial charge < -0.3 is 10.6 Å². The second-order valence-electron chi connectivity index (χ2n) is 7.71. The van der Waals surface area contributed by atoms with Crippen molar-refractivity contribution in [2.75, 3.05) is 25.0 Å². The van der Waals surface area contributed by atoms with Crippen LogP contribution >= 0.6 is 11.3 Å². The Bertz CT molecular complexity index is 979. The van der Waals surface area contributed by atoms with Crippen molar-refractivity contribution in [3.8, 4) is 0 Å². The molecule has 1 aliphatic heterocycles. The number of amides is 2. The summed E-state index contributed by atoms with van der Waals surface area (Å²) in [5, 5.41) is 8.89. The zero-order valence-electron chi connectivity index (χ0n) is 17.2. The minimum Gasteiger partial charge on any atom is -0.342 e. The van der Waals surface area contributed by atoms with Gasteiger partial charge in [-0.2, -0.15) is 0 Å². The number of benzene rings is 2. The standard InChI is InChI=1S/C24H26N4O2S/c29-21(27-22(24-25-13-15-31-24)18-8-3-1-4-9-18)17-28-14-7-10-19(16-28)23(30)26-20-11-5-2-6-12-20/h1-6,8-9,11-13,15,19,22H,7,10,14,16-17H2,(H,26,30)(H,27,29). The Morgan fingerprint density at radius 1 is 1.10 bits per heavy atom. The average Bonchev–Trinajstić information content (AvgIpc) is 3.33. The number of aromatic nitrogens is 1. The molecule has 31 heavy (non-hydrogen) atoms. The summed E-state index contributed by atoms with van der Waals surface area (Å²) in [6.45, 7) is 1.67. The third kappa shape index (κ3) is 5.77. The number of nitrogens with one attached hydrogen (secondary N) is 2. The fraction of sp³-hybridized carbons (Fsp3) is 0.292. The van der Waals surface area contributed by atoms with Crippen molar-refractivity contribution in [2.24, 2.45) is 5.92 Å². The van der Waals surface area contributed by atoms with E-state index in [9.17, 15) is 9.59 Å². The highest BCUT2D eigenvalue weighted by Crippen LogP contribution is 2.24. The van der Waals surface area contributed by atoms with E-state index < -0.39 is 0 Å². The first-order valence-electron chi connectivity index (χ1n) is 10.5. The minimum atomic E-state index is -0.268. The Labute approximate surface area is 186 Å². The molecule has 0 spiro atoms. The largest absolute Gasteiger partial charge is 0.342 e. The van der Waals surface area contributed by atoms with Gasteiger partial charge in [-0.15, -0.1) is 11.3 Å². The molecular weight excluding hydrogens is 408 g/mol.